The van der Waals surface area contributed by atoms with Gasteiger partial charge in [-0.15, -0.1) is 0 Å². The number of benzene rings is 3. The van der Waals surface area contributed by atoms with Crippen LogP contribution < -0.4 is 30.3 Å². The van der Waals surface area contributed by atoms with Gasteiger partial charge in [-0.1, -0.05) is 36.4 Å². The van der Waals surface area contributed by atoms with Crippen LogP contribution in [0.15, 0.2) is 72.8 Å². The van der Waals surface area contributed by atoms with Gasteiger partial charge in [0, 0.05) is 30.5 Å². The third kappa shape index (κ3) is 6.64. The number of hydrogen-bond donors (Lipinski definition) is 3. The Morgan fingerprint density at radius 2 is 1.60 bits per heavy atom. The normalized spacial score (nSPS) is 15.7. The van der Waals surface area contributed by atoms with Gasteiger partial charge in [0.05, 0.1) is 38.6 Å². The summed E-state index contributed by atoms with van der Waals surface area (Å²) in [5.41, 5.74) is 0.152. The Morgan fingerprint density at radius 1 is 0.881 bits per heavy atom. The Balaban J connectivity index is 1.71. The number of urea groups is 1. The fourth-order valence-corrected chi connectivity index (χ4v) is 4.96. The van der Waals surface area contributed by atoms with E-state index in [0.717, 1.165) is 0 Å². The zero-order chi connectivity index (χ0) is 30.1. The van der Waals surface area contributed by atoms with E-state index in [4.69, 9.17) is 18.9 Å². The van der Waals surface area contributed by atoms with Crippen molar-refractivity contribution in [2.45, 2.75) is 32.1 Å². The van der Waals surface area contributed by atoms with Crippen LogP contribution in [0.1, 0.15) is 25.8 Å². The SMILES string of the molecule is CCOC(CN1C(=O)[C@@](CC(=O)Nc2ccccc2OC)(NC(=O)Nc2cccc(OC)c2)c2ccccc21)OCC. The van der Waals surface area contributed by atoms with E-state index < -0.39 is 36.1 Å². The van der Waals surface area contributed by atoms with Gasteiger partial charge in [0.25, 0.3) is 5.91 Å². The molecular formula is C31H36N4O7. The van der Waals surface area contributed by atoms with Gasteiger partial charge in [0.15, 0.2) is 11.8 Å². The smallest absolute Gasteiger partial charge is 0.320 e. The van der Waals surface area contributed by atoms with Gasteiger partial charge in [0.1, 0.15) is 11.5 Å². The fraction of sp³-hybridized carbons (Fsp3) is 0.323. The second-order valence-corrected chi connectivity index (χ2v) is 9.41. The van der Waals surface area contributed by atoms with Crippen LogP contribution in [0.2, 0.25) is 0 Å². The third-order valence-electron chi connectivity index (χ3n) is 6.76. The van der Waals surface area contributed by atoms with E-state index in [-0.39, 0.29) is 6.54 Å². The molecule has 3 N–H and O–H groups in total. The van der Waals surface area contributed by atoms with Gasteiger partial charge in [0.2, 0.25) is 5.91 Å². The average molecular weight is 577 g/mol. The number of carbonyl (C=O) groups excluding carboxylic acids is 3. The topological polar surface area (TPSA) is 127 Å². The van der Waals surface area contributed by atoms with Crippen molar-refractivity contribution >= 4 is 34.9 Å². The first-order chi connectivity index (χ1) is 20.3. The molecule has 4 rings (SSSR count). The standard InChI is InChI=1S/C31H36N4O7/c1-5-41-28(42-6-2)20-35-25-16-9-7-14-23(25)31(29(35)37,19-27(36)33-24-15-8-10-17-26(24)40-4)34-30(38)32-21-12-11-13-22(18-21)39-3/h7-18,28H,5-6,19-20H2,1-4H3,(H,33,36)(H2,32,34,38)/t31-/m0/s1. The minimum Gasteiger partial charge on any atom is -0.497 e. The largest absolute Gasteiger partial charge is 0.497 e. The fourth-order valence-electron chi connectivity index (χ4n) is 4.96. The Morgan fingerprint density at radius 3 is 2.31 bits per heavy atom. The van der Waals surface area contributed by atoms with Crippen molar-refractivity contribution in [3.8, 4) is 11.5 Å². The maximum absolute atomic E-state index is 14.4. The van der Waals surface area contributed by atoms with Crippen molar-refractivity contribution in [1.29, 1.82) is 0 Å². The highest BCUT2D eigenvalue weighted by Gasteiger charge is 2.53. The maximum atomic E-state index is 14.4. The molecule has 0 aromatic heterocycles. The molecule has 0 bridgehead atoms. The Kier molecular flexibility index (Phi) is 10.00. The molecule has 11 nitrogen and oxygen atoms in total. The Hall–Kier alpha value is -4.61. The van der Waals surface area contributed by atoms with E-state index in [1.54, 1.807) is 72.8 Å². The van der Waals surface area contributed by atoms with Gasteiger partial charge in [-0.05, 0) is 44.2 Å². The predicted molar refractivity (Wildman–Crippen MR) is 159 cm³/mol. The lowest BCUT2D eigenvalue weighted by Crippen LogP contribution is -2.56. The van der Waals surface area contributed by atoms with Crippen LogP contribution in [0.4, 0.5) is 21.9 Å². The number of rotatable bonds is 13. The molecule has 0 unspecified atom stereocenters. The first-order valence-electron chi connectivity index (χ1n) is 13.7. The number of carbonyl (C=O) groups is 3. The molecule has 0 radical (unpaired) electrons. The van der Waals surface area contributed by atoms with E-state index in [1.807, 2.05) is 13.8 Å². The van der Waals surface area contributed by atoms with Crippen LogP contribution in [0, 0.1) is 0 Å². The van der Waals surface area contributed by atoms with Crippen LogP contribution in [0.3, 0.4) is 0 Å². The number of nitrogens with one attached hydrogen (secondary N) is 3. The summed E-state index contributed by atoms with van der Waals surface area (Å²) in [6.07, 6.45) is -1.10. The lowest BCUT2D eigenvalue weighted by Gasteiger charge is -2.30. The number of para-hydroxylation sites is 3. The number of methoxy groups -OCH3 is 2. The lowest BCUT2D eigenvalue weighted by atomic mass is 9.87. The number of hydrogen-bond acceptors (Lipinski definition) is 7. The number of anilines is 3. The number of amides is 4. The Bertz CT molecular complexity index is 1410. The molecule has 3 aromatic rings. The van der Waals surface area contributed by atoms with Gasteiger partial charge in [-0.25, -0.2) is 4.79 Å². The molecule has 0 aliphatic carbocycles. The molecule has 11 heteroatoms. The summed E-state index contributed by atoms with van der Waals surface area (Å²) in [6.45, 7) is 4.49. The molecule has 222 valence electrons. The molecule has 1 heterocycles. The quantitative estimate of drug-likeness (QED) is 0.256. The molecule has 1 atom stereocenters. The molecule has 1 aliphatic heterocycles. The number of fused-ring (bicyclic) bond motifs is 1. The van der Waals surface area contributed by atoms with E-state index in [2.05, 4.69) is 16.0 Å². The summed E-state index contributed by atoms with van der Waals surface area (Å²) in [7, 11) is 3.02. The highest BCUT2D eigenvalue weighted by molar-refractivity contribution is 6.13. The summed E-state index contributed by atoms with van der Waals surface area (Å²) >= 11 is 0. The van der Waals surface area contributed by atoms with Crippen LogP contribution in [-0.2, 0) is 24.6 Å². The van der Waals surface area contributed by atoms with Crippen LogP contribution >= 0.6 is 0 Å². The van der Waals surface area contributed by atoms with E-state index in [1.165, 1.54) is 19.1 Å². The summed E-state index contributed by atoms with van der Waals surface area (Å²) in [5.74, 6) is 0.00570. The van der Waals surface area contributed by atoms with Crippen molar-refractivity contribution < 1.29 is 33.3 Å². The van der Waals surface area contributed by atoms with Gasteiger partial charge in [-0.3, -0.25) is 9.59 Å². The van der Waals surface area contributed by atoms with Crippen molar-refractivity contribution in [1.82, 2.24) is 5.32 Å². The molecule has 0 spiro atoms. The van der Waals surface area contributed by atoms with Gasteiger partial charge in [-0.2, -0.15) is 0 Å². The van der Waals surface area contributed by atoms with Crippen molar-refractivity contribution in [3.63, 3.8) is 0 Å². The summed E-state index contributed by atoms with van der Waals surface area (Å²) in [6, 6.07) is 20.1. The predicted octanol–water partition coefficient (Wildman–Crippen LogP) is 4.50. The minimum atomic E-state index is -1.74. The lowest BCUT2D eigenvalue weighted by molar-refractivity contribution is -0.138. The van der Waals surface area contributed by atoms with Crippen LogP contribution in [0.5, 0.6) is 11.5 Å². The van der Waals surface area contributed by atoms with Gasteiger partial charge >= 0.3 is 6.03 Å². The zero-order valence-corrected chi connectivity index (χ0v) is 24.1. The van der Waals surface area contributed by atoms with Gasteiger partial charge < -0.3 is 39.8 Å². The molecule has 1 aliphatic rings. The van der Waals surface area contributed by atoms with E-state index in [9.17, 15) is 14.4 Å². The highest BCUT2D eigenvalue weighted by Crippen LogP contribution is 2.43. The second kappa shape index (κ2) is 13.8. The average Bonchev–Trinajstić information content (AvgIpc) is 3.20. The summed E-state index contributed by atoms with van der Waals surface area (Å²) < 4.78 is 22.1. The summed E-state index contributed by atoms with van der Waals surface area (Å²) in [4.78, 5) is 42.9. The van der Waals surface area contributed by atoms with E-state index in [0.29, 0.717) is 47.3 Å². The second-order valence-electron chi connectivity index (χ2n) is 9.41. The van der Waals surface area contributed by atoms with Crippen molar-refractivity contribution in [2.75, 3.05) is 49.5 Å². The monoisotopic (exact) mass is 576 g/mol. The zero-order valence-electron chi connectivity index (χ0n) is 24.1. The molecule has 0 fully saturated rings. The molecule has 0 saturated carbocycles. The molecular weight excluding hydrogens is 540 g/mol. The molecule has 4 amide bonds. The Labute approximate surface area is 245 Å². The highest BCUT2D eigenvalue weighted by atomic mass is 16.7. The van der Waals surface area contributed by atoms with Crippen molar-refractivity contribution in [2.24, 2.45) is 0 Å². The van der Waals surface area contributed by atoms with Crippen LogP contribution in [0.25, 0.3) is 0 Å². The molecule has 42 heavy (non-hydrogen) atoms. The maximum Gasteiger partial charge on any atom is 0.320 e. The third-order valence-corrected chi connectivity index (χ3v) is 6.76. The van der Waals surface area contributed by atoms with Crippen molar-refractivity contribution in [3.05, 3.63) is 78.4 Å². The first kappa shape index (κ1) is 30.4. The molecule has 3 aromatic carbocycles. The molecule has 0 saturated heterocycles. The summed E-state index contributed by atoms with van der Waals surface area (Å²) in [5, 5.41) is 8.42. The number of nitrogens with zero attached hydrogens (tertiary/aromatic N) is 1. The number of ether oxygens (including phenoxy) is 4. The first-order valence-corrected chi connectivity index (χ1v) is 13.7. The van der Waals surface area contributed by atoms with Crippen LogP contribution in [-0.4, -0.2) is 58.1 Å². The minimum absolute atomic E-state index is 0.0621. The van der Waals surface area contributed by atoms with E-state index >= 15 is 0 Å².